The van der Waals surface area contributed by atoms with E-state index < -0.39 is 5.97 Å². The Morgan fingerprint density at radius 2 is 2.10 bits per heavy atom. The number of carbonyl (C=O) groups is 2. The smallest absolute Gasteiger partial charge is 0.313 e. The standard InChI is InChI=1S/C6H11NO3/c1-7-4-5(8)3-6(9)10-2/h7H,3-4H2,1-2H3. The van der Waals surface area contributed by atoms with Crippen molar-refractivity contribution in [2.24, 2.45) is 0 Å². The number of hydrogen-bond acceptors (Lipinski definition) is 4. The highest BCUT2D eigenvalue weighted by Crippen LogP contribution is 1.84. The lowest BCUT2D eigenvalue weighted by Crippen LogP contribution is -2.21. The van der Waals surface area contributed by atoms with E-state index in [-0.39, 0.29) is 18.7 Å². The van der Waals surface area contributed by atoms with Crippen LogP contribution in [0.15, 0.2) is 0 Å². The molecule has 0 atom stereocenters. The minimum atomic E-state index is -0.486. The summed E-state index contributed by atoms with van der Waals surface area (Å²) < 4.78 is 4.28. The van der Waals surface area contributed by atoms with E-state index in [4.69, 9.17) is 0 Å². The third-order valence-electron chi connectivity index (χ3n) is 0.943. The summed E-state index contributed by atoms with van der Waals surface area (Å²) in [5.74, 6) is -0.644. The highest BCUT2D eigenvalue weighted by atomic mass is 16.5. The fourth-order valence-corrected chi connectivity index (χ4v) is 0.493. The molecule has 0 radical (unpaired) electrons. The third-order valence-corrected chi connectivity index (χ3v) is 0.943. The lowest BCUT2D eigenvalue weighted by molar-refractivity contribution is -0.143. The number of Topliss-reactive ketones (excluding diaryl/α,β-unsaturated/α-hetero) is 1. The molecular formula is C6H11NO3. The molecule has 58 valence electrons. The molecule has 0 saturated carbocycles. The minimum Gasteiger partial charge on any atom is -0.469 e. The number of esters is 1. The van der Waals surface area contributed by atoms with E-state index in [2.05, 4.69) is 10.1 Å². The summed E-state index contributed by atoms with van der Waals surface area (Å²) in [6, 6.07) is 0. The van der Waals surface area contributed by atoms with E-state index >= 15 is 0 Å². The zero-order valence-electron chi connectivity index (χ0n) is 6.14. The molecule has 0 bridgehead atoms. The maximum Gasteiger partial charge on any atom is 0.313 e. The topological polar surface area (TPSA) is 55.4 Å². The number of hydrogen-bond donors (Lipinski definition) is 1. The molecule has 0 saturated heterocycles. The minimum absolute atomic E-state index is 0.142. The zero-order valence-corrected chi connectivity index (χ0v) is 6.14. The number of likely N-dealkylation sites (N-methyl/N-ethyl adjacent to an activating group) is 1. The Labute approximate surface area is 59.6 Å². The van der Waals surface area contributed by atoms with Crippen molar-refractivity contribution in [2.75, 3.05) is 20.7 Å². The van der Waals surface area contributed by atoms with Crippen LogP contribution in [0.4, 0.5) is 0 Å². The average molecular weight is 145 g/mol. The van der Waals surface area contributed by atoms with Gasteiger partial charge in [0.2, 0.25) is 0 Å². The van der Waals surface area contributed by atoms with Crippen molar-refractivity contribution in [2.45, 2.75) is 6.42 Å². The SMILES string of the molecule is CNCC(=O)CC(=O)OC. The van der Waals surface area contributed by atoms with Gasteiger partial charge in [0.15, 0.2) is 5.78 Å². The van der Waals surface area contributed by atoms with Gasteiger partial charge in [-0.2, -0.15) is 0 Å². The number of carbonyl (C=O) groups excluding carboxylic acids is 2. The molecule has 4 heteroatoms. The van der Waals surface area contributed by atoms with Gasteiger partial charge in [-0.05, 0) is 7.05 Å². The Bertz CT molecular complexity index is 133. The van der Waals surface area contributed by atoms with E-state index in [1.165, 1.54) is 7.11 Å². The average Bonchev–Trinajstić information content (AvgIpc) is 1.88. The first-order chi connectivity index (χ1) is 4.70. The van der Waals surface area contributed by atoms with Crippen LogP contribution in [0, 0.1) is 0 Å². The van der Waals surface area contributed by atoms with Gasteiger partial charge in [-0.25, -0.2) is 0 Å². The molecule has 0 aromatic heterocycles. The van der Waals surface area contributed by atoms with Crippen LogP contribution in [0.1, 0.15) is 6.42 Å². The first-order valence-corrected chi connectivity index (χ1v) is 2.93. The predicted molar refractivity (Wildman–Crippen MR) is 35.6 cm³/mol. The normalized spacial score (nSPS) is 9.00. The summed E-state index contributed by atoms with van der Waals surface area (Å²) in [6.45, 7) is 0.217. The second-order valence-corrected chi connectivity index (χ2v) is 1.82. The van der Waals surface area contributed by atoms with Gasteiger partial charge in [-0.15, -0.1) is 0 Å². The van der Waals surface area contributed by atoms with Crippen LogP contribution >= 0.6 is 0 Å². The number of methoxy groups -OCH3 is 1. The van der Waals surface area contributed by atoms with E-state index in [9.17, 15) is 9.59 Å². The summed E-state index contributed by atoms with van der Waals surface area (Å²) in [7, 11) is 2.91. The molecule has 1 N–H and O–H groups in total. The number of ether oxygens (including phenoxy) is 1. The Morgan fingerprint density at radius 1 is 1.50 bits per heavy atom. The van der Waals surface area contributed by atoms with Crippen molar-refractivity contribution in [3.05, 3.63) is 0 Å². The third kappa shape index (κ3) is 4.03. The van der Waals surface area contributed by atoms with Crippen molar-refractivity contribution in [3.63, 3.8) is 0 Å². The van der Waals surface area contributed by atoms with Crippen molar-refractivity contribution < 1.29 is 14.3 Å². The first kappa shape index (κ1) is 9.10. The Kier molecular flexibility index (Phi) is 4.49. The molecule has 0 aromatic rings. The molecule has 0 aliphatic rings. The second kappa shape index (κ2) is 4.93. The summed E-state index contributed by atoms with van der Waals surface area (Å²) in [5.41, 5.74) is 0. The van der Waals surface area contributed by atoms with Crippen molar-refractivity contribution in [1.82, 2.24) is 5.32 Å². The van der Waals surface area contributed by atoms with E-state index in [1.807, 2.05) is 0 Å². The lowest BCUT2D eigenvalue weighted by Gasteiger charge is -1.96. The molecule has 10 heavy (non-hydrogen) atoms. The maximum absolute atomic E-state index is 10.6. The van der Waals surface area contributed by atoms with E-state index in [0.29, 0.717) is 0 Å². The van der Waals surface area contributed by atoms with Gasteiger partial charge in [0.25, 0.3) is 0 Å². The van der Waals surface area contributed by atoms with Crippen LogP contribution in [0.25, 0.3) is 0 Å². The predicted octanol–water partition coefficient (Wildman–Crippen LogP) is -0.662. The summed E-state index contributed by atoms with van der Waals surface area (Å²) in [4.78, 5) is 21.1. The molecule has 4 nitrogen and oxygen atoms in total. The second-order valence-electron chi connectivity index (χ2n) is 1.82. The summed E-state index contributed by atoms with van der Waals surface area (Å²) in [6.07, 6.45) is -0.142. The number of rotatable bonds is 4. The molecular weight excluding hydrogens is 134 g/mol. The van der Waals surface area contributed by atoms with Crippen LogP contribution in [0.2, 0.25) is 0 Å². The molecule has 0 fully saturated rings. The molecule has 0 unspecified atom stereocenters. The molecule has 0 aliphatic carbocycles. The first-order valence-electron chi connectivity index (χ1n) is 2.93. The fourth-order valence-electron chi connectivity index (χ4n) is 0.493. The van der Waals surface area contributed by atoms with Crippen LogP contribution in [0.3, 0.4) is 0 Å². The molecule has 0 heterocycles. The highest BCUT2D eigenvalue weighted by molar-refractivity contribution is 5.96. The molecule has 0 aliphatic heterocycles. The highest BCUT2D eigenvalue weighted by Gasteiger charge is 2.06. The zero-order chi connectivity index (χ0) is 7.98. The van der Waals surface area contributed by atoms with E-state index in [1.54, 1.807) is 7.05 Å². The van der Waals surface area contributed by atoms with Gasteiger partial charge < -0.3 is 10.1 Å². The van der Waals surface area contributed by atoms with Crippen molar-refractivity contribution in [3.8, 4) is 0 Å². The van der Waals surface area contributed by atoms with Crippen LogP contribution in [-0.2, 0) is 14.3 Å². The van der Waals surface area contributed by atoms with Gasteiger partial charge >= 0.3 is 5.97 Å². The molecule has 0 spiro atoms. The monoisotopic (exact) mass is 145 g/mol. The molecule has 0 aromatic carbocycles. The molecule has 0 rings (SSSR count). The maximum atomic E-state index is 10.6. The number of ketones is 1. The lowest BCUT2D eigenvalue weighted by atomic mass is 10.3. The largest absolute Gasteiger partial charge is 0.469 e. The van der Waals surface area contributed by atoms with E-state index in [0.717, 1.165) is 0 Å². The Morgan fingerprint density at radius 3 is 2.50 bits per heavy atom. The number of nitrogens with one attached hydrogen (secondary N) is 1. The van der Waals surface area contributed by atoms with Gasteiger partial charge in [-0.1, -0.05) is 0 Å². The Hall–Kier alpha value is -0.900. The van der Waals surface area contributed by atoms with Crippen molar-refractivity contribution >= 4 is 11.8 Å². The quantitative estimate of drug-likeness (QED) is 0.421. The van der Waals surface area contributed by atoms with Gasteiger partial charge in [-0.3, -0.25) is 9.59 Å². The summed E-state index contributed by atoms with van der Waals surface area (Å²) >= 11 is 0. The van der Waals surface area contributed by atoms with Gasteiger partial charge in [0.05, 0.1) is 13.7 Å². The van der Waals surface area contributed by atoms with Crippen LogP contribution in [-0.4, -0.2) is 32.5 Å². The summed E-state index contributed by atoms with van der Waals surface area (Å²) in [5, 5.41) is 2.64. The fraction of sp³-hybridized carbons (Fsp3) is 0.667. The van der Waals surface area contributed by atoms with Crippen molar-refractivity contribution in [1.29, 1.82) is 0 Å². The molecule has 0 amide bonds. The van der Waals surface area contributed by atoms with Gasteiger partial charge in [0.1, 0.15) is 6.42 Å². The van der Waals surface area contributed by atoms with Crippen LogP contribution < -0.4 is 5.32 Å². The van der Waals surface area contributed by atoms with Crippen LogP contribution in [0.5, 0.6) is 0 Å². The van der Waals surface area contributed by atoms with Gasteiger partial charge in [0, 0.05) is 0 Å². The Balaban J connectivity index is 3.47.